The topological polar surface area (TPSA) is 84.4 Å². The van der Waals surface area contributed by atoms with E-state index in [2.05, 4.69) is 5.10 Å². The third-order valence-corrected chi connectivity index (χ3v) is 2.82. The smallest absolute Gasteiger partial charge is 0.333 e. The minimum atomic E-state index is -0.383. The third kappa shape index (κ3) is 2.79. The summed E-state index contributed by atoms with van der Waals surface area (Å²) in [7, 11) is 0. The van der Waals surface area contributed by atoms with Crippen molar-refractivity contribution in [2.75, 3.05) is 24.6 Å². The number of anilines is 1. The Morgan fingerprint density at radius 3 is 2.61 bits per heavy atom. The van der Waals surface area contributed by atoms with E-state index in [0.717, 1.165) is 0 Å². The maximum Gasteiger partial charge on any atom is 0.333 e. The van der Waals surface area contributed by atoms with E-state index in [-0.39, 0.29) is 17.2 Å². The summed E-state index contributed by atoms with van der Waals surface area (Å²) < 4.78 is 1.65. The van der Waals surface area contributed by atoms with Gasteiger partial charge in [0, 0.05) is 26.2 Å². The minimum absolute atomic E-state index is 0.0663. The first-order chi connectivity index (χ1) is 8.56. The lowest BCUT2D eigenvalue weighted by atomic mass is 10.3. The Kier molecular flexibility index (Phi) is 5.08. The van der Waals surface area contributed by atoms with Crippen molar-refractivity contribution in [2.24, 2.45) is 0 Å². The molecule has 0 unspecified atom stereocenters. The Hall–Kier alpha value is -1.63. The summed E-state index contributed by atoms with van der Waals surface area (Å²) in [6.45, 7) is 7.37. The second-order valence-electron chi connectivity index (χ2n) is 3.99. The van der Waals surface area contributed by atoms with Crippen LogP contribution in [0.5, 0.6) is 0 Å². The lowest BCUT2D eigenvalue weighted by Crippen LogP contribution is -2.28. The fourth-order valence-corrected chi connectivity index (χ4v) is 1.98. The molecule has 7 nitrogen and oxygen atoms in total. The van der Waals surface area contributed by atoms with Crippen LogP contribution in [0.2, 0.25) is 0 Å². The molecule has 0 spiro atoms. The van der Waals surface area contributed by atoms with Gasteiger partial charge in [0.25, 0.3) is 0 Å². The van der Waals surface area contributed by atoms with Gasteiger partial charge >= 0.3 is 5.69 Å². The van der Waals surface area contributed by atoms with Crippen molar-refractivity contribution in [3.05, 3.63) is 15.8 Å². The molecule has 0 saturated carbocycles. The van der Waals surface area contributed by atoms with Gasteiger partial charge in [-0.2, -0.15) is 5.10 Å². The lowest BCUT2D eigenvalue weighted by molar-refractivity contribution is -0.384. The van der Waals surface area contributed by atoms with Crippen molar-refractivity contribution in [1.29, 1.82) is 0 Å². The summed E-state index contributed by atoms with van der Waals surface area (Å²) in [5.74, 6) is 0.538. The fraction of sp³-hybridized carbons (Fsp3) is 0.727. The SMILES string of the molecule is CCN(CCCO)c1c([N+](=O)[O-])c(C)nn1CC. The molecule has 0 fully saturated rings. The van der Waals surface area contributed by atoms with Crippen LogP contribution >= 0.6 is 0 Å². The maximum atomic E-state index is 11.1. The molecular formula is C11H20N4O3. The number of aryl methyl sites for hydroxylation is 2. The summed E-state index contributed by atoms with van der Waals surface area (Å²) >= 11 is 0. The highest BCUT2D eigenvalue weighted by Gasteiger charge is 2.28. The highest BCUT2D eigenvalue weighted by atomic mass is 16.6. The van der Waals surface area contributed by atoms with E-state index in [1.807, 2.05) is 18.7 Å². The zero-order valence-corrected chi connectivity index (χ0v) is 11.1. The monoisotopic (exact) mass is 256 g/mol. The molecule has 0 aromatic carbocycles. The maximum absolute atomic E-state index is 11.1. The van der Waals surface area contributed by atoms with Gasteiger partial charge in [0.05, 0.1) is 4.92 Å². The zero-order valence-electron chi connectivity index (χ0n) is 11.1. The van der Waals surface area contributed by atoms with E-state index < -0.39 is 0 Å². The summed E-state index contributed by atoms with van der Waals surface area (Å²) in [6, 6.07) is 0. The Morgan fingerprint density at radius 2 is 2.17 bits per heavy atom. The summed E-state index contributed by atoms with van der Waals surface area (Å²) in [5.41, 5.74) is 0.496. The van der Waals surface area contributed by atoms with Crippen molar-refractivity contribution >= 4 is 11.5 Å². The molecule has 0 aliphatic carbocycles. The largest absolute Gasteiger partial charge is 0.396 e. The molecular weight excluding hydrogens is 236 g/mol. The molecule has 0 saturated heterocycles. The molecule has 1 N–H and O–H groups in total. The lowest BCUT2D eigenvalue weighted by Gasteiger charge is -2.22. The number of nitro groups is 1. The van der Waals surface area contributed by atoms with Crippen LogP contribution in [0, 0.1) is 17.0 Å². The molecule has 18 heavy (non-hydrogen) atoms. The second kappa shape index (κ2) is 6.34. The molecule has 7 heteroatoms. The van der Waals surface area contributed by atoms with Gasteiger partial charge in [0.1, 0.15) is 5.69 Å². The van der Waals surface area contributed by atoms with Crippen LogP contribution in [-0.4, -0.2) is 39.5 Å². The van der Waals surface area contributed by atoms with Gasteiger partial charge in [-0.05, 0) is 27.2 Å². The number of aliphatic hydroxyl groups is 1. The zero-order chi connectivity index (χ0) is 13.7. The van der Waals surface area contributed by atoms with Crippen molar-refractivity contribution in [3.63, 3.8) is 0 Å². The van der Waals surface area contributed by atoms with Gasteiger partial charge in [-0.1, -0.05) is 0 Å². The van der Waals surface area contributed by atoms with Crippen molar-refractivity contribution in [1.82, 2.24) is 9.78 Å². The molecule has 1 aromatic heterocycles. The first kappa shape index (κ1) is 14.4. The van der Waals surface area contributed by atoms with E-state index in [9.17, 15) is 10.1 Å². The molecule has 0 aliphatic heterocycles. The van der Waals surface area contributed by atoms with Crippen molar-refractivity contribution in [3.8, 4) is 0 Å². The van der Waals surface area contributed by atoms with Gasteiger partial charge in [-0.3, -0.25) is 10.1 Å². The number of aromatic nitrogens is 2. The van der Waals surface area contributed by atoms with Crippen LogP contribution in [0.3, 0.4) is 0 Å². The Bertz CT molecular complexity index is 417. The average Bonchev–Trinajstić information content (AvgIpc) is 2.67. The molecule has 0 bridgehead atoms. The van der Waals surface area contributed by atoms with Gasteiger partial charge in [0.15, 0.2) is 0 Å². The fourth-order valence-electron chi connectivity index (χ4n) is 1.98. The second-order valence-corrected chi connectivity index (χ2v) is 3.99. The van der Waals surface area contributed by atoms with E-state index in [4.69, 9.17) is 5.11 Å². The molecule has 1 aromatic rings. The predicted molar refractivity (Wildman–Crippen MR) is 68.9 cm³/mol. The highest BCUT2D eigenvalue weighted by molar-refractivity contribution is 5.61. The van der Waals surface area contributed by atoms with Crippen LogP contribution in [0.4, 0.5) is 11.5 Å². The Balaban J connectivity index is 3.20. The number of hydrogen-bond donors (Lipinski definition) is 1. The van der Waals surface area contributed by atoms with E-state index in [1.54, 1.807) is 11.6 Å². The quantitative estimate of drug-likeness (QED) is 0.587. The van der Waals surface area contributed by atoms with Crippen LogP contribution in [0.15, 0.2) is 0 Å². The highest BCUT2D eigenvalue weighted by Crippen LogP contribution is 2.31. The van der Waals surface area contributed by atoms with Gasteiger partial charge in [0.2, 0.25) is 5.82 Å². The van der Waals surface area contributed by atoms with Crippen LogP contribution in [0.25, 0.3) is 0 Å². The normalized spacial score (nSPS) is 10.7. The standard InChI is InChI=1S/C11H20N4O3/c1-4-13(7-6-8-16)11-10(15(17)18)9(3)12-14(11)5-2/h16H,4-8H2,1-3H3. The summed E-state index contributed by atoms with van der Waals surface area (Å²) in [4.78, 5) is 12.6. The Morgan fingerprint density at radius 1 is 1.50 bits per heavy atom. The first-order valence-electron chi connectivity index (χ1n) is 6.14. The number of aliphatic hydroxyl groups excluding tert-OH is 1. The molecule has 0 amide bonds. The molecule has 0 radical (unpaired) electrons. The van der Waals surface area contributed by atoms with Crippen molar-refractivity contribution < 1.29 is 10.0 Å². The number of rotatable bonds is 7. The molecule has 1 rings (SSSR count). The Labute approximate surface area is 106 Å². The number of nitrogens with zero attached hydrogens (tertiary/aromatic N) is 4. The molecule has 0 atom stereocenters. The number of hydrogen-bond acceptors (Lipinski definition) is 5. The van der Waals surface area contributed by atoms with Crippen LogP contribution in [-0.2, 0) is 6.54 Å². The molecule has 0 aliphatic rings. The van der Waals surface area contributed by atoms with Gasteiger partial charge < -0.3 is 10.0 Å². The van der Waals surface area contributed by atoms with E-state index in [1.165, 1.54) is 0 Å². The van der Waals surface area contributed by atoms with E-state index in [0.29, 0.717) is 37.6 Å². The van der Waals surface area contributed by atoms with E-state index >= 15 is 0 Å². The average molecular weight is 256 g/mol. The molecule has 102 valence electrons. The summed E-state index contributed by atoms with van der Waals surface area (Å²) in [6.07, 6.45) is 0.582. The first-order valence-corrected chi connectivity index (χ1v) is 6.14. The van der Waals surface area contributed by atoms with Gasteiger partial charge in [-0.25, -0.2) is 4.68 Å². The minimum Gasteiger partial charge on any atom is -0.396 e. The van der Waals surface area contributed by atoms with Crippen LogP contribution < -0.4 is 4.90 Å². The summed E-state index contributed by atoms with van der Waals surface area (Å²) in [5, 5.41) is 24.2. The van der Waals surface area contributed by atoms with Crippen LogP contribution in [0.1, 0.15) is 26.0 Å². The van der Waals surface area contributed by atoms with Gasteiger partial charge in [-0.15, -0.1) is 0 Å². The predicted octanol–water partition coefficient (Wildman–Crippen LogP) is 1.33. The molecule has 1 heterocycles. The van der Waals surface area contributed by atoms with Crippen molar-refractivity contribution in [2.45, 2.75) is 33.7 Å². The third-order valence-electron chi connectivity index (χ3n) is 2.82.